The van der Waals surface area contributed by atoms with Gasteiger partial charge in [0.2, 0.25) is 0 Å². The number of fused-ring (bicyclic) bond motifs is 1. The monoisotopic (exact) mass is 265 g/mol. The molecule has 3 atom stereocenters. The molecule has 98 valence electrons. The fourth-order valence-corrected chi connectivity index (χ4v) is 3.20. The molecule has 1 heterocycles. The normalized spacial score (nSPS) is 16.7. The van der Waals surface area contributed by atoms with Gasteiger partial charge in [-0.05, 0) is 24.0 Å². The van der Waals surface area contributed by atoms with Gasteiger partial charge in [-0.25, -0.2) is 0 Å². The van der Waals surface area contributed by atoms with E-state index in [0.29, 0.717) is 17.6 Å². The van der Waals surface area contributed by atoms with E-state index in [-0.39, 0.29) is 0 Å². The Kier molecular flexibility index (Phi) is 4.27. The van der Waals surface area contributed by atoms with Crippen LogP contribution in [-0.2, 0) is 11.4 Å². The highest BCUT2D eigenvalue weighted by Crippen LogP contribution is 2.29. The van der Waals surface area contributed by atoms with Crippen LogP contribution in [0.1, 0.15) is 31.7 Å². The minimum absolute atomic E-state index is 0.355. The van der Waals surface area contributed by atoms with Crippen molar-refractivity contribution < 1.29 is 4.55 Å². The van der Waals surface area contributed by atoms with E-state index in [9.17, 15) is 4.55 Å². The van der Waals surface area contributed by atoms with Crippen molar-refractivity contribution in [1.82, 2.24) is 10.2 Å². The molecule has 0 aliphatic heterocycles. The topological polar surface area (TPSA) is 77.8 Å². The largest absolute Gasteiger partial charge is 0.598 e. The van der Waals surface area contributed by atoms with Gasteiger partial charge in [0, 0.05) is 22.7 Å². The molecule has 0 saturated heterocycles. The molecule has 0 fully saturated rings. The molecule has 0 spiro atoms. The number of aromatic nitrogens is 2. The van der Waals surface area contributed by atoms with E-state index < -0.39 is 11.4 Å². The van der Waals surface area contributed by atoms with Gasteiger partial charge in [0.25, 0.3) is 0 Å². The molecule has 0 radical (unpaired) electrons. The van der Waals surface area contributed by atoms with Crippen molar-refractivity contribution in [2.45, 2.75) is 26.2 Å². The van der Waals surface area contributed by atoms with Crippen LogP contribution in [0.5, 0.6) is 0 Å². The van der Waals surface area contributed by atoms with E-state index in [1.54, 1.807) is 0 Å². The van der Waals surface area contributed by atoms with Crippen molar-refractivity contribution in [3.05, 3.63) is 30.0 Å². The van der Waals surface area contributed by atoms with Gasteiger partial charge in [0.05, 0.1) is 11.7 Å². The van der Waals surface area contributed by atoms with E-state index >= 15 is 0 Å². The Balaban J connectivity index is 2.13. The van der Waals surface area contributed by atoms with Crippen LogP contribution < -0.4 is 5.14 Å². The van der Waals surface area contributed by atoms with Crippen molar-refractivity contribution in [1.29, 1.82) is 0 Å². The number of nitrogens with two attached hydrogens (primary N) is 1. The van der Waals surface area contributed by atoms with Crippen LogP contribution >= 0.6 is 0 Å². The number of nitrogens with one attached hydrogen (secondary N) is 1. The Morgan fingerprint density at radius 1 is 1.44 bits per heavy atom. The van der Waals surface area contributed by atoms with Crippen LogP contribution in [-0.4, -0.2) is 20.5 Å². The number of nitrogens with zero attached hydrogens (tertiary/aromatic N) is 1. The highest BCUT2D eigenvalue weighted by atomic mass is 32.2. The summed E-state index contributed by atoms with van der Waals surface area (Å²) in [5.41, 5.74) is 2.35. The molecule has 0 amide bonds. The quantitative estimate of drug-likeness (QED) is 0.814. The number of hydrogen-bond acceptors (Lipinski definition) is 3. The van der Waals surface area contributed by atoms with Gasteiger partial charge < -0.3 is 4.55 Å². The second-order valence-corrected chi connectivity index (χ2v) is 6.06. The molecule has 0 bridgehead atoms. The summed E-state index contributed by atoms with van der Waals surface area (Å²) in [6.45, 7) is 4.29. The Bertz CT molecular complexity index is 512. The molecule has 5 heteroatoms. The zero-order valence-electron chi connectivity index (χ0n) is 10.7. The summed E-state index contributed by atoms with van der Waals surface area (Å²) in [6, 6.07) is 6.20. The molecule has 3 unspecified atom stereocenters. The highest BCUT2D eigenvalue weighted by Gasteiger charge is 2.16. The van der Waals surface area contributed by atoms with Crippen molar-refractivity contribution in [2.24, 2.45) is 11.1 Å². The first-order valence-electron chi connectivity index (χ1n) is 6.12. The molecule has 18 heavy (non-hydrogen) atoms. The van der Waals surface area contributed by atoms with Crippen molar-refractivity contribution in [3.8, 4) is 0 Å². The molecular formula is C13H19N3OS. The number of benzene rings is 1. The molecule has 2 rings (SSSR count). The Morgan fingerprint density at radius 2 is 2.22 bits per heavy atom. The summed E-state index contributed by atoms with van der Waals surface area (Å²) in [5.74, 6) is 1.32. The van der Waals surface area contributed by atoms with Gasteiger partial charge in [-0.15, -0.1) is 0 Å². The van der Waals surface area contributed by atoms with Crippen LogP contribution in [0.15, 0.2) is 24.4 Å². The highest BCUT2D eigenvalue weighted by molar-refractivity contribution is 7.89. The molecule has 1 aromatic carbocycles. The minimum atomic E-state index is -1.21. The second-order valence-electron chi connectivity index (χ2n) is 4.97. The second kappa shape index (κ2) is 5.73. The summed E-state index contributed by atoms with van der Waals surface area (Å²) in [5, 5.41) is 13.6. The molecule has 0 saturated carbocycles. The van der Waals surface area contributed by atoms with E-state index in [1.165, 1.54) is 10.9 Å². The third-order valence-corrected chi connectivity index (χ3v) is 4.15. The predicted octanol–water partition coefficient (Wildman–Crippen LogP) is 2.31. The third kappa shape index (κ3) is 3.04. The molecule has 1 aromatic heterocycles. The zero-order valence-corrected chi connectivity index (χ0v) is 11.5. The van der Waals surface area contributed by atoms with Crippen LogP contribution in [0, 0.1) is 5.92 Å². The van der Waals surface area contributed by atoms with Gasteiger partial charge in [0.15, 0.2) is 0 Å². The summed E-state index contributed by atoms with van der Waals surface area (Å²) >= 11 is -1.21. The number of aromatic amines is 1. The maximum absolute atomic E-state index is 11.0. The number of H-pyrrole nitrogens is 1. The zero-order chi connectivity index (χ0) is 13.1. The fraction of sp³-hybridized carbons (Fsp3) is 0.462. The summed E-state index contributed by atoms with van der Waals surface area (Å²) in [7, 11) is 0. The minimum Gasteiger partial charge on any atom is -0.598 e. The van der Waals surface area contributed by atoms with Gasteiger partial charge in [-0.3, -0.25) is 5.10 Å². The van der Waals surface area contributed by atoms with Crippen LogP contribution in [0.3, 0.4) is 0 Å². The van der Waals surface area contributed by atoms with Crippen LogP contribution in [0.25, 0.3) is 10.9 Å². The molecular weight excluding hydrogens is 246 g/mol. The Labute approximate surface area is 110 Å². The average molecular weight is 265 g/mol. The smallest absolute Gasteiger partial charge is 0.127 e. The lowest BCUT2D eigenvalue weighted by Crippen LogP contribution is -2.22. The lowest BCUT2D eigenvalue weighted by Gasteiger charge is -2.18. The third-order valence-electron chi connectivity index (χ3n) is 3.25. The number of rotatable bonds is 5. The van der Waals surface area contributed by atoms with Gasteiger partial charge in [-0.1, -0.05) is 26.0 Å². The standard InChI is InChI=1S/C13H19N3OS/c1-9(8-18(14)17)6-10(2)11-4-3-5-13-12(11)7-15-16-13/h3-5,7,9-10H,6,8,14H2,1-2H3,(H,15,16). The first-order valence-corrected chi connectivity index (χ1v) is 7.51. The first-order chi connectivity index (χ1) is 8.58. The fourth-order valence-electron chi connectivity index (χ4n) is 2.50. The van der Waals surface area contributed by atoms with Crippen molar-refractivity contribution in [3.63, 3.8) is 0 Å². The predicted molar refractivity (Wildman–Crippen MR) is 75.5 cm³/mol. The number of hydrogen-bond donors (Lipinski definition) is 2. The van der Waals surface area contributed by atoms with Crippen LogP contribution in [0.2, 0.25) is 0 Å². The maximum Gasteiger partial charge on any atom is 0.127 e. The molecule has 0 aliphatic rings. The van der Waals surface area contributed by atoms with Gasteiger partial charge in [-0.2, -0.15) is 10.2 Å². The van der Waals surface area contributed by atoms with Crippen molar-refractivity contribution in [2.75, 3.05) is 5.75 Å². The van der Waals surface area contributed by atoms with Crippen molar-refractivity contribution >= 4 is 22.3 Å². The van der Waals surface area contributed by atoms with E-state index in [2.05, 4.69) is 30.1 Å². The lowest BCUT2D eigenvalue weighted by atomic mass is 9.90. The molecule has 4 nitrogen and oxygen atoms in total. The van der Waals surface area contributed by atoms with Gasteiger partial charge in [0.1, 0.15) is 5.75 Å². The van der Waals surface area contributed by atoms with Crippen LogP contribution in [0.4, 0.5) is 0 Å². The van der Waals surface area contributed by atoms with E-state index in [0.717, 1.165) is 11.9 Å². The lowest BCUT2D eigenvalue weighted by molar-refractivity contribution is 0.513. The van der Waals surface area contributed by atoms with E-state index in [4.69, 9.17) is 5.14 Å². The molecule has 3 N–H and O–H groups in total. The summed E-state index contributed by atoms with van der Waals surface area (Å²) < 4.78 is 11.0. The van der Waals surface area contributed by atoms with Gasteiger partial charge >= 0.3 is 0 Å². The molecule has 2 aromatic rings. The molecule has 0 aliphatic carbocycles. The first kappa shape index (κ1) is 13.4. The average Bonchev–Trinajstić information content (AvgIpc) is 2.74. The summed E-state index contributed by atoms with van der Waals surface area (Å²) in [4.78, 5) is 0. The maximum atomic E-state index is 11.0. The SMILES string of the molecule is CC(CC(C)c1cccc2[nH]ncc12)C[S+](N)[O-]. The summed E-state index contributed by atoms with van der Waals surface area (Å²) in [6.07, 6.45) is 2.85. The Morgan fingerprint density at radius 3 is 2.94 bits per heavy atom. The van der Waals surface area contributed by atoms with E-state index in [1.807, 2.05) is 18.3 Å². The Hall–Kier alpha value is -1.04.